The first-order valence-electron chi connectivity index (χ1n) is 7.68. The van der Waals surface area contributed by atoms with Crippen molar-refractivity contribution in [2.75, 3.05) is 25.0 Å². The molecule has 22 heavy (non-hydrogen) atoms. The predicted octanol–water partition coefficient (Wildman–Crippen LogP) is 4.56. The molecule has 2 aliphatic rings. The summed E-state index contributed by atoms with van der Waals surface area (Å²) in [5.41, 5.74) is 5.00. The summed E-state index contributed by atoms with van der Waals surface area (Å²) in [6.07, 6.45) is 1.20. The lowest BCUT2D eigenvalue weighted by Gasteiger charge is -2.31. The maximum atomic E-state index is 6.37. The van der Waals surface area contributed by atoms with E-state index in [4.69, 9.17) is 23.2 Å². The van der Waals surface area contributed by atoms with Crippen LogP contribution in [0, 0.1) is 0 Å². The monoisotopic (exact) mass is 332 g/mol. The van der Waals surface area contributed by atoms with E-state index >= 15 is 0 Å². The zero-order valence-electron chi connectivity index (χ0n) is 12.4. The summed E-state index contributed by atoms with van der Waals surface area (Å²) < 4.78 is 0. The Hall–Kier alpha value is -1.22. The molecule has 1 N–H and O–H groups in total. The van der Waals surface area contributed by atoms with Crippen LogP contribution in [0.15, 0.2) is 36.4 Å². The topological polar surface area (TPSA) is 15.3 Å². The average molecular weight is 333 g/mol. The number of hydrogen-bond acceptors (Lipinski definition) is 2. The Balaban J connectivity index is 1.79. The highest BCUT2D eigenvalue weighted by Crippen LogP contribution is 2.44. The van der Waals surface area contributed by atoms with Gasteiger partial charge in [0.15, 0.2) is 0 Å². The number of nitrogens with zero attached hydrogens (tertiary/aromatic N) is 1. The van der Waals surface area contributed by atoms with Crippen molar-refractivity contribution in [3.8, 4) is 11.1 Å². The molecular weight excluding hydrogens is 315 g/mol. The molecule has 0 radical (unpaired) electrons. The van der Waals surface area contributed by atoms with Crippen molar-refractivity contribution in [3.63, 3.8) is 0 Å². The van der Waals surface area contributed by atoms with Gasteiger partial charge in [-0.25, -0.2) is 0 Å². The third-order valence-corrected chi connectivity index (χ3v) is 5.54. The molecule has 0 amide bonds. The molecule has 1 saturated heterocycles. The maximum Gasteiger partial charge on any atom is 0.0499 e. The van der Waals surface area contributed by atoms with Gasteiger partial charge in [0, 0.05) is 46.8 Å². The normalized spacial score (nSPS) is 23.3. The van der Waals surface area contributed by atoms with Crippen molar-refractivity contribution >= 4 is 28.9 Å². The lowest BCUT2D eigenvalue weighted by Crippen LogP contribution is -2.42. The second kappa shape index (κ2) is 5.45. The molecule has 2 aromatic rings. The average Bonchev–Trinajstić information content (AvgIpc) is 2.81. The smallest absolute Gasteiger partial charge is 0.0499 e. The van der Waals surface area contributed by atoms with E-state index in [1.165, 1.54) is 23.2 Å². The summed E-state index contributed by atoms with van der Waals surface area (Å²) in [7, 11) is 2.21. The first kappa shape index (κ1) is 14.4. The summed E-state index contributed by atoms with van der Waals surface area (Å²) in [5.74, 6) is 0.569. The third-order valence-electron chi connectivity index (χ3n) is 4.99. The van der Waals surface area contributed by atoms with Crippen LogP contribution in [0.5, 0.6) is 0 Å². The van der Waals surface area contributed by atoms with Crippen LogP contribution in [0.4, 0.5) is 5.69 Å². The van der Waals surface area contributed by atoms with Gasteiger partial charge in [-0.05, 0) is 48.4 Å². The van der Waals surface area contributed by atoms with Gasteiger partial charge in [0.25, 0.3) is 0 Å². The fourth-order valence-electron chi connectivity index (χ4n) is 3.87. The Bertz CT molecular complexity index is 729. The van der Waals surface area contributed by atoms with Crippen LogP contribution < -0.4 is 10.2 Å². The molecule has 2 aromatic carbocycles. The van der Waals surface area contributed by atoms with Gasteiger partial charge in [0.05, 0.1) is 0 Å². The summed E-state index contributed by atoms with van der Waals surface area (Å²) in [6.45, 7) is 2.16. The third kappa shape index (κ3) is 2.21. The molecule has 1 fully saturated rings. The van der Waals surface area contributed by atoms with Crippen LogP contribution in [-0.2, 0) is 0 Å². The molecule has 114 valence electrons. The fourth-order valence-corrected chi connectivity index (χ4v) is 4.39. The molecule has 4 rings (SSSR count). The summed E-state index contributed by atoms with van der Waals surface area (Å²) in [5, 5.41) is 4.90. The van der Waals surface area contributed by atoms with E-state index in [1.54, 1.807) is 0 Å². The fraction of sp³-hybridized carbons (Fsp3) is 0.333. The van der Waals surface area contributed by atoms with Gasteiger partial charge in [0.1, 0.15) is 0 Å². The van der Waals surface area contributed by atoms with E-state index in [9.17, 15) is 0 Å². The second-order valence-electron chi connectivity index (χ2n) is 6.18. The Labute approximate surface area is 141 Å². The van der Waals surface area contributed by atoms with Gasteiger partial charge in [-0.15, -0.1) is 0 Å². The van der Waals surface area contributed by atoms with Crippen LogP contribution in [0.3, 0.4) is 0 Å². The van der Waals surface area contributed by atoms with Crippen molar-refractivity contribution in [1.82, 2.24) is 5.32 Å². The van der Waals surface area contributed by atoms with Crippen LogP contribution in [0.25, 0.3) is 11.1 Å². The number of hydrogen-bond donors (Lipinski definition) is 1. The van der Waals surface area contributed by atoms with Crippen LogP contribution >= 0.6 is 23.2 Å². The minimum Gasteiger partial charge on any atom is -0.371 e. The molecule has 0 bridgehead atoms. The van der Waals surface area contributed by atoms with Gasteiger partial charge in [0.2, 0.25) is 0 Å². The van der Waals surface area contributed by atoms with Crippen molar-refractivity contribution in [2.45, 2.75) is 18.4 Å². The van der Waals surface area contributed by atoms with E-state index in [0.29, 0.717) is 22.0 Å². The Morgan fingerprint density at radius 2 is 2.00 bits per heavy atom. The quantitative estimate of drug-likeness (QED) is 0.823. The standard InChI is InChI=1S/C18H18Cl2N2/c1-22-17-5-2-11(13-4-3-12(19)9-16(13)20)8-14(17)15-10-21-7-6-18(15)22/h2-5,8-9,15,18,21H,6-7,10H2,1H3. The van der Waals surface area contributed by atoms with Gasteiger partial charge < -0.3 is 10.2 Å². The SMILES string of the molecule is CN1c2ccc(-c3ccc(Cl)cc3Cl)cc2C2CNCCC21. The second-order valence-corrected chi connectivity index (χ2v) is 7.02. The van der Waals surface area contributed by atoms with Crippen LogP contribution in [0.1, 0.15) is 17.9 Å². The van der Waals surface area contributed by atoms with Crippen LogP contribution in [-0.4, -0.2) is 26.2 Å². The van der Waals surface area contributed by atoms with Crippen molar-refractivity contribution < 1.29 is 0 Å². The largest absolute Gasteiger partial charge is 0.371 e. The molecule has 2 nitrogen and oxygen atoms in total. The van der Waals surface area contributed by atoms with Gasteiger partial charge in [-0.2, -0.15) is 0 Å². The highest BCUT2D eigenvalue weighted by molar-refractivity contribution is 6.36. The number of halogens is 2. The van der Waals surface area contributed by atoms with E-state index in [-0.39, 0.29) is 0 Å². The first-order valence-corrected chi connectivity index (χ1v) is 8.43. The molecule has 2 unspecified atom stereocenters. The van der Waals surface area contributed by atoms with E-state index in [2.05, 4.69) is 35.5 Å². The number of fused-ring (bicyclic) bond motifs is 3. The number of likely N-dealkylation sites (N-methyl/N-ethyl adjacent to an activating group) is 1. The number of benzene rings is 2. The lowest BCUT2D eigenvalue weighted by molar-refractivity contribution is 0.413. The Kier molecular flexibility index (Phi) is 3.56. The summed E-state index contributed by atoms with van der Waals surface area (Å²) in [6, 6.07) is 13.0. The number of anilines is 1. The molecular formula is C18H18Cl2N2. The molecule has 2 heterocycles. The molecule has 4 heteroatoms. The number of nitrogens with one attached hydrogen (secondary N) is 1. The van der Waals surface area contributed by atoms with Gasteiger partial charge >= 0.3 is 0 Å². The number of piperidine rings is 1. The van der Waals surface area contributed by atoms with Crippen molar-refractivity contribution in [3.05, 3.63) is 52.0 Å². The zero-order chi connectivity index (χ0) is 15.3. The minimum atomic E-state index is 0.569. The van der Waals surface area contributed by atoms with Crippen LogP contribution in [0.2, 0.25) is 10.0 Å². The van der Waals surface area contributed by atoms with Gasteiger partial charge in [-0.3, -0.25) is 0 Å². The summed E-state index contributed by atoms with van der Waals surface area (Å²) in [4.78, 5) is 2.44. The van der Waals surface area contributed by atoms with Crippen molar-refractivity contribution in [1.29, 1.82) is 0 Å². The first-order chi connectivity index (χ1) is 10.6. The molecule has 2 aliphatic heterocycles. The highest BCUT2D eigenvalue weighted by Gasteiger charge is 2.37. The van der Waals surface area contributed by atoms with Gasteiger partial charge in [-0.1, -0.05) is 35.3 Å². The predicted molar refractivity (Wildman–Crippen MR) is 94.3 cm³/mol. The van der Waals surface area contributed by atoms with E-state index in [0.717, 1.165) is 18.7 Å². The Morgan fingerprint density at radius 3 is 2.82 bits per heavy atom. The molecule has 0 saturated carbocycles. The lowest BCUT2D eigenvalue weighted by atomic mass is 9.89. The molecule has 2 atom stereocenters. The minimum absolute atomic E-state index is 0.569. The number of rotatable bonds is 1. The van der Waals surface area contributed by atoms with Crippen molar-refractivity contribution in [2.24, 2.45) is 0 Å². The molecule has 0 spiro atoms. The highest BCUT2D eigenvalue weighted by atomic mass is 35.5. The maximum absolute atomic E-state index is 6.37. The van der Waals surface area contributed by atoms with E-state index in [1.807, 2.05) is 18.2 Å². The summed E-state index contributed by atoms with van der Waals surface area (Å²) >= 11 is 12.4. The molecule has 0 aromatic heterocycles. The van der Waals surface area contributed by atoms with E-state index < -0.39 is 0 Å². The Morgan fingerprint density at radius 1 is 1.14 bits per heavy atom. The molecule has 0 aliphatic carbocycles. The zero-order valence-corrected chi connectivity index (χ0v) is 14.0.